The van der Waals surface area contributed by atoms with Gasteiger partial charge in [0.25, 0.3) is 0 Å². The Morgan fingerprint density at radius 1 is 1.00 bits per heavy atom. The van der Waals surface area contributed by atoms with Crippen LogP contribution in [-0.2, 0) is 4.74 Å². The molecule has 0 spiro atoms. The van der Waals surface area contributed by atoms with Crippen molar-refractivity contribution in [3.63, 3.8) is 0 Å². The SMILES string of the molecule is CC(C)c1ccc([C@H](C2CCOCC2)N2CCNCC2)cc1. The highest BCUT2D eigenvalue weighted by atomic mass is 16.5. The fourth-order valence-electron chi connectivity index (χ4n) is 3.85. The molecule has 1 aromatic rings. The molecule has 2 heterocycles. The molecule has 3 heteroatoms. The monoisotopic (exact) mass is 302 g/mol. The van der Waals surface area contributed by atoms with Crippen LogP contribution >= 0.6 is 0 Å². The summed E-state index contributed by atoms with van der Waals surface area (Å²) in [5.74, 6) is 1.34. The van der Waals surface area contributed by atoms with Gasteiger partial charge in [0.1, 0.15) is 0 Å². The van der Waals surface area contributed by atoms with Crippen LogP contribution in [0.3, 0.4) is 0 Å². The fourth-order valence-corrected chi connectivity index (χ4v) is 3.85. The minimum Gasteiger partial charge on any atom is -0.381 e. The van der Waals surface area contributed by atoms with Crippen molar-refractivity contribution < 1.29 is 4.74 Å². The number of ether oxygens (including phenoxy) is 1. The molecule has 0 aliphatic carbocycles. The molecular formula is C19H30N2O. The van der Waals surface area contributed by atoms with Gasteiger partial charge >= 0.3 is 0 Å². The molecule has 0 saturated carbocycles. The van der Waals surface area contributed by atoms with Crippen molar-refractivity contribution in [1.29, 1.82) is 0 Å². The van der Waals surface area contributed by atoms with Gasteiger partial charge in [0.05, 0.1) is 0 Å². The van der Waals surface area contributed by atoms with E-state index in [0.717, 1.165) is 45.3 Å². The van der Waals surface area contributed by atoms with Crippen LogP contribution in [0.1, 0.15) is 49.8 Å². The van der Waals surface area contributed by atoms with E-state index in [1.54, 1.807) is 0 Å². The Morgan fingerprint density at radius 3 is 2.18 bits per heavy atom. The maximum absolute atomic E-state index is 5.59. The third kappa shape index (κ3) is 3.70. The van der Waals surface area contributed by atoms with Crippen molar-refractivity contribution in [2.24, 2.45) is 5.92 Å². The molecule has 3 rings (SSSR count). The van der Waals surface area contributed by atoms with Crippen molar-refractivity contribution in [3.05, 3.63) is 35.4 Å². The van der Waals surface area contributed by atoms with Crippen LogP contribution in [-0.4, -0.2) is 44.3 Å². The first kappa shape index (κ1) is 16.0. The largest absolute Gasteiger partial charge is 0.381 e. The van der Waals surface area contributed by atoms with E-state index < -0.39 is 0 Å². The molecule has 1 aromatic carbocycles. The fraction of sp³-hybridized carbons (Fsp3) is 0.684. The van der Waals surface area contributed by atoms with Gasteiger partial charge in [-0.2, -0.15) is 0 Å². The van der Waals surface area contributed by atoms with E-state index in [1.165, 1.54) is 24.0 Å². The maximum atomic E-state index is 5.59. The smallest absolute Gasteiger partial charge is 0.0469 e. The van der Waals surface area contributed by atoms with Gasteiger partial charge in [-0.05, 0) is 35.8 Å². The second-order valence-electron chi connectivity index (χ2n) is 7.00. The van der Waals surface area contributed by atoms with E-state index in [0.29, 0.717) is 12.0 Å². The van der Waals surface area contributed by atoms with E-state index in [2.05, 4.69) is 48.3 Å². The first-order valence-electron chi connectivity index (χ1n) is 8.88. The summed E-state index contributed by atoms with van der Waals surface area (Å²) < 4.78 is 5.59. The van der Waals surface area contributed by atoms with E-state index in [4.69, 9.17) is 4.74 Å². The van der Waals surface area contributed by atoms with E-state index >= 15 is 0 Å². The zero-order valence-corrected chi connectivity index (χ0v) is 14.1. The number of nitrogens with one attached hydrogen (secondary N) is 1. The second kappa shape index (κ2) is 7.58. The quantitative estimate of drug-likeness (QED) is 0.924. The van der Waals surface area contributed by atoms with Crippen LogP contribution in [0, 0.1) is 5.92 Å². The first-order valence-corrected chi connectivity index (χ1v) is 8.88. The van der Waals surface area contributed by atoms with Gasteiger partial charge in [0, 0.05) is 45.4 Å². The van der Waals surface area contributed by atoms with Crippen molar-refractivity contribution in [1.82, 2.24) is 10.2 Å². The summed E-state index contributed by atoms with van der Waals surface area (Å²) in [5.41, 5.74) is 2.94. The molecule has 2 fully saturated rings. The molecule has 2 aliphatic heterocycles. The molecule has 2 saturated heterocycles. The Balaban J connectivity index is 1.82. The van der Waals surface area contributed by atoms with E-state index in [-0.39, 0.29) is 0 Å². The van der Waals surface area contributed by atoms with Crippen LogP contribution < -0.4 is 5.32 Å². The van der Waals surface area contributed by atoms with Crippen LogP contribution in [0.15, 0.2) is 24.3 Å². The van der Waals surface area contributed by atoms with Gasteiger partial charge in [-0.1, -0.05) is 38.1 Å². The molecule has 2 aliphatic rings. The molecule has 0 amide bonds. The molecular weight excluding hydrogens is 272 g/mol. The second-order valence-corrected chi connectivity index (χ2v) is 7.00. The summed E-state index contributed by atoms with van der Waals surface area (Å²) in [6, 6.07) is 9.96. The Bertz CT molecular complexity index is 427. The lowest BCUT2D eigenvalue weighted by molar-refractivity contribution is 0.0213. The van der Waals surface area contributed by atoms with Crippen LogP contribution in [0.25, 0.3) is 0 Å². The third-order valence-electron chi connectivity index (χ3n) is 5.20. The molecule has 0 bridgehead atoms. The van der Waals surface area contributed by atoms with Gasteiger partial charge in [-0.15, -0.1) is 0 Å². The number of piperazine rings is 1. The number of hydrogen-bond donors (Lipinski definition) is 1. The molecule has 0 unspecified atom stereocenters. The zero-order chi connectivity index (χ0) is 15.4. The molecule has 122 valence electrons. The van der Waals surface area contributed by atoms with Crippen molar-refractivity contribution in [3.8, 4) is 0 Å². The molecule has 1 N–H and O–H groups in total. The topological polar surface area (TPSA) is 24.5 Å². The number of benzene rings is 1. The summed E-state index contributed by atoms with van der Waals surface area (Å²) in [7, 11) is 0. The third-order valence-corrected chi connectivity index (χ3v) is 5.20. The summed E-state index contributed by atoms with van der Waals surface area (Å²) in [6.07, 6.45) is 2.39. The van der Waals surface area contributed by atoms with Crippen molar-refractivity contribution >= 4 is 0 Å². The highest BCUT2D eigenvalue weighted by molar-refractivity contribution is 5.27. The lowest BCUT2D eigenvalue weighted by atomic mass is 9.85. The van der Waals surface area contributed by atoms with E-state index in [1.807, 2.05) is 0 Å². The summed E-state index contributed by atoms with van der Waals surface area (Å²) >= 11 is 0. The normalized spacial score (nSPS) is 22.9. The predicted octanol–water partition coefficient (Wildman–Crippen LogP) is 3.18. The molecule has 3 nitrogen and oxygen atoms in total. The van der Waals surface area contributed by atoms with Crippen molar-refractivity contribution in [2.75, 3.05) is 39.4 Å². The first-order chi connectivity index (χ1) is 10.8. The molecule has 0 aromatic heterocycles. The number of hydrogen-bond acceptors (Lipinski definition) is 3. The summed E-state index contributed by atoms with van der Waals surface area (Å²) in [4.78, 5) is 2.69. The number of rotatable bonds is 4. The van der Waals surface area contributed by atoms with Gasteiger partial charge in [0.2, 0.25) is 0 Å². The van der Waals surface area contributed by atoms with Crippen LogP contribution in [0.4, 0.5) is 0 Å². The average molecular weight is 302 g/mol. The number of nitrogens with zero attached hydrogens (tertiary/aromatic N) is 1. The average Bonchev–Trinajstić information content (AvgIpc) is 2.57. The predicted molar refractivity (Wildman–Crippen MR) is 91.3 cm³/mol. The highest BCUT2D eigenvalue weighted by Gasteiger charge is 2.31. The minimum absolute atomic E-state index is 0.562. The van der Waals surface area contributed by atoms with E-state index in [9.17, 15) is 0 Å². The van der Waals surface area contributed by atoms with Gasteiger partial charge in [-0.3, -0.25) is 4.90 Å². The van der Waals surface area contributed by atoms with Gasteiger partial charge in [-0.25, -0.2) is 0 Å². The highest BCUT2D eigenvalue weighted by Crippen LogP contribution is 2.35. The summed E-state index contributed by atoms with van der Waals surface area (Å²) in [5, 5.41) is 3.48. The molecule has 0 radical (unpaired) electrons. The Morgan fingerprint density at radius 2 is 1.59 bits per heavy atom. The molecule has 22 heavy (non-hydrogen) atoms. The molecule has 1 atom stereocenters. The standard InChI is InChI=1S/C19H30N2O/c1-15(2)16-3-5-17(6-4-16)19(18-7-13-22-14-8-18)21-11-9-20-10-12-21/h3-6,15,18-20H,7-14H2,1-2H3/t19-/m1/s1. The lowest BCUT2D eigenvalue weighted by Gasteiger charge is -2.41. The Hall–Kier alpha value is -0.900. The maximum Gasteiger partial charge on any atom is 0.0469 e. The Kier molecular flexibility index (Phi) is 5.51. The van der Waals surface area contributed by atoms with Crippen LogP contribution in [0.5, 0.6) is 0 Å². The minimum atomic E-state index is 0.562. The van der Waals surface area contributed by atoms with Crippen LogP contribution in [0.2, 0.25) is 0 Å². The van der Waals surface area contributed by atoms with Gasteiger partial charge in [0.15, 0.2) is 0 Å². The lowest BCUT2D eigenvalue weighted by Crippen LogP contribution is -2.47. The van der Waals surface area contributed by atoms with Gasteiger partial charge < -0.3 is 10.1 Å². The Labute approximate surface area is 135 Å². The zero-order valence-electron chi connectivity index (χ0n) is 14.1. The summed E-state index contributed by atoms with van der Waals surface area (Å²) in [6.45, 7) is 10.9. The van der Waals surface area contributed by atoms with Crippen molar-refractivity contribution in [2.45, 2.75) is 38.6 Å².